The summed E-state index contributed by atoms with van der Waals surface area (Å²) in [4.78, 5) is 20.7. The Morgan fingerprint density at radius 3 is 2.54 bits per heavy atom. The van der Waals surface area contributed by atoms with Crippen molar-refractivity contribution in [2.45, 2.75) is 26.7 Å². The Labute approximate surface area is 141 Å². The quantitative estimate of drug-likeness (QED) is 0.927. The molecule has 4 nitrogen and oxygen atoms in total. The van der Waals surface area contributed by atoms with Crippen molar-refractivity contribution in [3.05, 3.63) is 71.2 Å². The van der Waals surface area contributed by atoms with Crippen molar-refractivity contribution in [1.29, 1.82) is 0 Å². The number of carbonyl (C=O) groups is 1. The van der Waals surface area contributed by atoms with Crippen molar-refractivity contribution in [3.63, 3.8) is 0 Å². The molecule has 1 aromatic carbocycles. The van der Waals surface area contributed by atoms with Crippen LogP contribution in [0.1, 0.15) is 36.5 Å². The molecule has 0 amide bonds. The van der Waals surface area contributed by atoms with Crippen LogP contribution in [0.2, 0.25) is 0 Å². The van der Waals surface area contributed by atoms with Crippen LogP contribution >= 0.6 is 0 Å². The van der Waals surface area contributed by atoms with Gasteiger partial charge in [0.1, 0.15) is 5.92 Å². The number of nitrogens with zero attached hydrogens (tertiary/aromatic N) is 2. The van der Waals surface area contributed by atoms with E-state index in [1.54, 1.807) is 19.3 Å². The highest BCUT2D eigenvalue weighted by Gasteiger charge is 2.38. The number of aryl methyl sites for hydroxylation is 1. The molecule has 122 valence electrons. The highest BCUT2D eigenvalue weighted by atomic mass is 16.4. The van der Waals surface area contributed by atoms with Crippen LogP contribution in [0.25, 0.3) is 5.57 Å². The monoisotopic (exact) mass is 320 g/mol. The lowest BCUT2D eigenvalue weighted by Crippen LogP contribution is -2.32. The lowest BCUT2D eigenvalue weighted by molar-refractivity contribution is -0.139. The van der Waals surface area contributed by atoms with Gasteiger partial charge in [0.15, 0.2) is 0 Å². The van der Waals surface area contributed by atoms with E-state index in [-0.39, 0.29) is 5.92 Å². The van der Waals surface area contributed by atoms with Crippen LogP contribution in [0.15, 0.2) is 59.5 Å². The average molecular weight is 320 g/mol. The van der Waals surface area contributed by atoms with Crippen molar-refractivity contribution < 1.29 is 9.90 Å². The maximum absolute atomic E-state index is 12.0. The highest BCUT2D eigenvalue weighted by Crippen LogP contribution is 2.44. The van der Waals surface area contributed by atoms with Gasteiger partial charge < -0.3 is 5.11 Å². The van der Waals surface area contributed by atoms with Crippen molar-refractivity contribution >= 4 is 17.3 Å². The second kappa shape index (κ2) is 6.40. The smallest absolute Gasteiger partial charge is 0.313 e. The van der Waals surface area contributed by atoms with Gasteiger partial charge in [-0.25, -0.2) is 0 Å². The van der Waals surface area contributed by atoms with Crippen LogP contribution in [-0.2, 0) is 4.79 Å². The number of hydrogen-bond acceptors (Lipinski definition) is 3. The number of aliphatic imine (C=N–C) groups is 1. The predicted molar refractivity (Wildman–Crippen MR) is 95.0 cm³/mol. The van der Waals surface area contributed by atoms with E-state index in [9.17, 15) is 9.90 Å². The normalized spacial score (nSPS) is 20.7. The van der Waals surface area contributed by atoms with E-state index < -0.39 is 11.9 Å². The van der Waals surface area contributed by atoms with Gasteiger partial charge in [-0.2, -0.15) is 0 Å². The third-order valence-electron chi connectivity index (χ3n) is 4.47. The summed E-state index contributed by atoms with van der Waals surface area (Å²) in [6.45, 7) is 5.75. The van der Waals surface area contributed by atoms with E-state index in [0.29, 0.717) is 5.71 Å². The summed E-state index contributed by atoms with van der Waals surface area (Å²) in [6, 6.07) is 11.9. The third kappa shape index (κ3) is 2.87. The first-order valence-corrected chi connectivity index (χ1v) is 7.94. The summed E-state index contributed by atoms with van der Waals surface area (Å²) in [5.41, 5.74) is 5.45. The minimum absolute atomic E-state index is 0.274. The first kappa shape index (κ1) is 16.1. The number of benzene rings is 1. The van der Waals surface area contributed by atoms with E-state index >= 15 is 0 Å². The molecular weight excluding hydrogens is 300 g/mol. The Hall–Kier alpha value is -2.75. The van der Waals surface area contributed by atoms with Gasteiger partial charge in [0.05, 0.1) is 0 Å². The molecule has 0 saturated heterocycles. The van der Waals surface area contributed by atoms with Gasteiger partial charge in [-0.15, -0.1) is 0 Å². The second-order valence-electron chi connectivity index (χ2n) is 6.20. The number of hydrogen-bond donors (Lipinski definition) is 1. The van der Waals surface area contributed by atoms with Gasteiger partial charge in [-0.1, -0.05) is 35.9 Å². The number of carboxylic acid groups (broad SMARTS) is 1. The molecule has 0 fully saturated rings. The Morgan fingerprint density at radius 2 is 1.92 bits per heavy atom. The molecule has 0 spiro atoms. The third-order valence-corrected chi connectivity index (χ3v) is 4.47. The van der Waals surface area contributed by atoms with E-state index in [0.717, 1.165) is 28.0 Å². The van der Waals surface area contributed by atoms with Gasteiger partial charge in [-0.05, 0) is 43.5 Å². The fourth-order valence-corrected chi connectivity index (χ4v) is 3.48. The van der Waals surface area contributed by atoms with E-state index in [2.05, 4.69) is 16.0 Å². The zero-order chi connectivity index (χ0) is 17.3. The molecule has 1 N–H and O–H groups in total. The number of allylic oxidation sites excluding steroid dienone is 2. The molecule has 0 radical (unpaired) electrons. The Bertz CT molecular complexity index is 838. The molecular formula is C20H20N2O2. The minimum atomic E-state index is -0.850. The van der Waals surface area contributed by atoms with Crippen molar-refractivity contribution in [3.8, 4) is 0 Å². The van der Waals surface area contributed by atoms with E-state index in [4.69, 9.17) is 0 Å². The van der Waals surface area contributed by atoms with Gasteiger partial charge in [0.2, 0.25) is 0 Å². The first-order valence-electron chi connectivity index (χ1n) is 7.94. The molecule has 2 atom stereocenters. The lowest BCUT2D eigenvalue weighted by Gasteiger charge is -2.32. The summed E-state index contributed by atoms with van der Waals surface area (Å²) in [5.74, 6) is -1.80. The van der Waals surface area contributed by atoms with Crippen molar-refractivity contribution in [2.75, 3.05) is 0 Å². The van der Waals surface area contributed by atoms with Crippen LogP contribution in [0.5, 0.6) is 0 Å². The predicted octanol–water partition coefficient (Wildman–Crippen LogP) is 4.08. The number of aliphatic carboxylic acids is 1. The second-order valence-corrected chi connectivity index (χ2v) is 6.20. The molecule has 2 aromatic rings. The Balaban J connectivity index is 2.25. The Kier molecular flexibility index (Phi) is 4.30. The van der Waals surface area contributed by atoms with Gasteiger partial charge in [-0.3, -0.25) is 14.8 Å². The maximum atomic E-state index is 12.0. The van der Waals surface area contributed by atoms with E-state index in [1.165, 1.54) is 0 Å². The summed E-state index contributed by atoms with van der Waals surface area (Å²) < 4.78 is 0. The molecule has 3 rings (SSSR count). The molecule has 24 heavy (non-hydrogen) atoms. The summed E-state index contributed by atoms with van der Waals surface area (Å²) in [7, 11) is 0. The first-order chi connectivity index (χ1) is 11.5. The molecule has 2 heterocycles. The molecule has 2 unspecified atom stereocenters. The number of aromatic nitrogens is 1. The number of carboxylic acids is 1. The molecule has 0 aliphatic carbocycles. The average Bonchev–Trinajstić information content (AvgIpc) is 2.54. The SMILES string of the molecule is CC1=NC(C)=C(c2cccnc2)C(c2cccc(C)c2)C1C(=O)O. The molecule has 1 aromatic heterocycles. The minimum Gasteiger partial charge on any atom is -0.481 e. The van der Waals surface area contributed by atoms with Crippen LogP contribution in [0, 0.1) is 12.8 Å². The number of rotatable bonds is 3. The zero-order valence-corrected chi connectivity index (χ0v) is 14.0. The number of pyridine rings is 1. The molecule has 0 saturated carbocycles. The highest BCUT2D eigenvalue weighted by molar-refractivity contribution is 6.06. The van der Waals surface area contributed by atoms with Crippen LogP contribution in [-0.4, -0.2) is 21.8 Å². The maximum Gasteiger partial charge on any atom is 0.313 e. The molecule has 4 heteroatoms. The molecule has 1 aliphatic rings. The summed E-state index contributed by atoms with van der Waals surface area (Å²) >= 11 is 0. The summed E-state index contributed by atoms with van der Waals surface area (Å²) in [6.07, 6.45) is 3.49. The fraction of sp³-hybridized carbons (Fsp3) is 0.250. The van der Waals surface area contributed by atoms with Crippen molar-refractivity contribution in [1.82, 2.24) is 4.98 Å². The standard InChI is InChI=1S/C20H20N2O2/c1-12-6-4-7-15(10-12)19-17(16-8-5-9-21-11-16)13(2)22-14(3)18(19)20(23)24/h4-11,18-19H,1-3H3,(H,23,24). The lowest BCUT2D eigenvalue weighted by atomic mass is 9.73. The fourth-order valence-electron chi connectivity index (χ4n) is 3.48. The van der Waals surface area contributed by atoms with Gasteiger partial charge in [0, 0.05) is 29.7 Å². The molecule has 1 aliphatic heterocycles. The van der Waals surface area contributed by atoms with Crippen LogP contribution in [0.4, 0.5) is 0 Å². The zero-order valence-electron chi connectivity index (χ0n) is 14.0. The molecule has 0 bridgehead atoms. The van der Waals surface area contributed by atoms with Crippen LogP contribution < -0.4 is 0 Å². The largest absolute Gasteiger partial charge is 0.481 e. The van der Waals surface area contributed by atoms with Gasteiger partial charge >= 0.3 is 5.97 Å². The van der Waals surface area contributed by atoms with Crippen LogP contribution in [0.3, 0.4) is 0 Å². The Morgan fingerprint density at radius 1 is 1.12 bits per heavy atom. The van der Waals surface area contributed by atoms with E-state index in [1.807, 2.05) is 44.2 Å². The van der Waals surface area contributed by atoms with Crippen molar-refractivity contribution in [2.24, 2.45) is 10.9 Å². The van der Waals surface area contributed by atoms with Gasteiger partial charge in [0.25, 0.3) is 0 Å². The topological polar surface area (TPSA) is 62.5 Å². The summed E-state index contributed by atoms with van der Waals surface area (Å²) in [5, 5.41) is 9.84.